The Morgan fingerprint density at radius 2 is 2.27 bits per heavy atom. The number of aliphatic hydroxyl groups excluding tert-OH is 1. The third-order valence-corrected chi connectivity index (χ3v) is 1.90. The molecule has 0 spiro atoms. The predicted molar refractivity (Wildman–Crippen MR) is 37.9 cm³/mol. The molecule has 0 bridgehead atoms. The van der Waals surface area contributed by atoms with E-state index in [9.17, 15) is 4.79 Å². The average Bonchev–Trinajstić information content (AvgIpc) is 1.94. The number of nitrogens with two attached hydrogens (primary N) is 1. The second kappa shape index (κ2) is 3.06. The molecule has 5 heteroatoms. The Labute approximate surface area is 64.4 Å². The molecule has 1 amide bonds. The van der Waals surface area contributed by atoms with Crippen molar-refractivity contribution in [3.63, 3.8) is 0 Å². The Bertz CT molecular complexity index is 162. The lowest BCUT2D eigenvalue weighted by Crippen LogP contribution is -2.55. The predicted octanol–water partition coefficient (Wildman–Crippen LogP) is -0.594. The van der Waals surface area contributed by atoms with Crippen LogP contribution < -0.4 is 5.73 Å². The molecule has 11 heavy (non-hydrogen) atoms. The highest BCUT2D eigenvalue weighted by Gasteiger charge is 2.29. The van der Waals surface area contributed by atoms with Gasteiger partial charge in [-0.15, -0.1) is 0 Å². The summed E-state index contributed by atoms with van der Waals surface area (Å²) in [6, 6.07) is 0. The molecule has 1 rings (SSSR count). The first-order valence-corrected chi connectivity index (χ1v) is 3.56. The van der Waals surface area contributed by atoms with Gasteiger partial charge in [0.1, 0.15) is 6.17 Å². The maximum Gasteiger partial charge on any atom is 0.408 e. The number of piperidine rings is 1. The van der Waals surface area contributed by atoms with Gasteiger partial charge in [-0.2, -0.15) is 0 Å². The molecule has 0 aromatic carbocycles. The summed E-state index contributed by atoms with van der Waals surface area (Å²) in [5.74, 6) is 0. The molecule has 1 heterocycles. The summed E-state index contributed by atoms with van der Waals surface area (Å²) in [7, 11) is 0. The molecule has 64 valence electrons. The van der Waals surface area contributed by atoms with Crippen LogP contribution in [-0.4, -0.2) is 40.0 Å². The Morgan fingerprint density at radius 1 is 1.64 bits per heavy atom. The number of nitrogens with zero attached hydrogens (tertiary/aromatic N) is 1. The van der Waals surface area contributed by atoms with E-state index >= 15 is 0 Å². The summed E-state index contributed by atoms with van der Waals surface area (Å²) < 4.78 is 0. The van der Waals surface area contributed by atoms with E-state index in [0.29, 0.717) is 19.4 Å². The van der Waals surface area contributed by atoms with Gasteiger partial charge in [0, 0.05) is 6.54 Å². The number of rotatable bonds is 0. The molecule has 0 aromatic rings. The van der Waals surface area contributed by atoms with Gasteiger partial charge >= 0.3 is 6.09 Å². The molecule has 0 aliphatic carbocycles. The lowest BCUT2D eigenvalue weighted by Gasteiger charge is -2.34. The Kier molecular flexibility index (Phi) is 2.31. The average molecular weight is 160 g/mol. The summed E-state index contributed by atoms with van der Waals surface area (Å²) in [5.41, 5.74) is 5.42. The summed E-state index contributed by atoms with van der Waals surface area (Å²) in [6.45, 7) is 0.424. The van der Waals surface area contributed by atoms with Crippen molar-refractivity contribution < 1.29 is 15.0 Å². The first-order valence-electron chi connectivity index (χ1n) is 3.56. The maximum atomic E-state index is 10.4. The molecule has 1 fully saturated rings. The molecular formula is C6H12N2O3. The van der Waals surface area contributed by atoms with Gasteiger partial charge in [-0.3, -0.25) is 4.90 Å². The minimum Gasteiger partial charge on any atom is -0.465 e. The van der Waals surface area contributed by atoms with Crippen molar-refractivity contribution in [1.82, 2.24) is 4.90 Å². The number of carboxylic acid groups (broad SMARTS) is 1. The Morgan fingerprint density at radius 3 is 2.73 bits per heavy atom. The molecule has 1 aliphatic heterocycles. The highest BCUT2D eigenvalue weighted by atomic mass is 16.4. The fourth-order valence-electron chi connectivity index (χ4n) is 1.22. The quantitative estimate of drug-likeness (QED) is 0.442. The van der Waals surface area contributed by atoms with Crippen LogP contribution in [0.2, 0.25) is 0 Å². The van der Waals surface area contributed by atoms with E-state index in [1.165, 1.54) is 0 Å². The van der Waals surface area contributed by atoms with E-state index < -0.39 is 18.4 Å². The van der Waals surface area contributed by atoms with Gasteiger partial charge in [0.2, 0.25) is 0 Å². The normalized spacial score (nSPS) is 32.0. The van der Waals surface area contributed by atoms with E-state index in [1.807, 2.05) is 0 Å². The number of aliphatic hydroxyl groups is 1. The Balaban J connectivity index is 2.58. The molecule has 5 nitrogen and oxygen atoms in total. The summed E-state index contributed by atoms with van der Waals surface area (Å²) in [5, 5.41) is 17.7. The standard InChI is InChI=1S/C6H12N2O3/c7-5-4(9)2-1-3-8(5)6(10)11/h4-5,9H,1-3,7H2,(H,10,11). The van der Waals surface area contributed by atoms with Gasteiger partial charge in [0.15, 0.2) is 0 Å². The molecular weight excluding hydrogens is 148 g/mol. The second-order valence-electron chi connectivity index (χ2n) is 2.68. The minimum atomic E-state index is -1.06. The van der Waals surface area contributed by atoms with E-state index in [4.69, 9.17) is 15.9 Å². The van der Waals surface area contributed by atoms with Gasteiger partial charge in [-0.05, 0) is 12.8 Å². The van der Waals surface area contributed by atoms with E-state index in [-0.39, 0.29) is 0 Å². The van der Waals surface area contributed by atoms with Crippen LogP contribution in [0.3, 0.4) is 0 Å². The van der Waals surface area contributed by atoms with E-state index in [1.54, 1.807) is 0 Å². The summed E-state index contributed by atoms with van der Waals surface area (Å²) >= 11 is 0. The van der Waals surface area contributed by atoms with Crippen molar-refractivity contribution in [3.05, 3.63) is 0 Å². The van der Waals surface area contributed by atoms with Crippen LogP contribution in [0.5, 0.6) is 0 Å². The molecule has 2 unspecified atom stereocenters. The third kappa shape index (κ3) is 1.61. The fraction of sp³-hybridized carbons (Fsp3) is 0.833. The first kappa shape index (κ1) is 8.29. The van der Waals surface area contributed by atoms with Gasteiger partial charge in [0.05, 0.1) is 6.10 Å². The van der Waals surface area contributed by atoms with Crippen LogP contribution in [0, 0.1) is 0 Å². The molecule has 0 saturated carbocycles. The largest absolute Gasteiger partial charge is 0.465 e. The fourth-order valence-corrected chi connectivity index (χ4v) is 1.22. The topological polar surface area (TPSA) is 86.8 Å². The van der Waals surface area contributed by atoms with Crippen LogP contribution in [0.25, 0.3) is 0 Å². The van der Waals surface area contributed by atoms with Crippen molar-refractivity contribution in [2.24, 2.45) is 5.73 Å². The smallest absolute Gasteiger partial charge is 0.408 e. The Hall–Kier alpha value is -0.810. The van der Waals surface area contributed by atoms with Gasteiger partial charge in [0.25, 0.3) is 0 Å². The first-order chi connectivity index (χ1) is 5.13. The SMILES string of the molecule is NC1C(O)CCCN1C(=O)O. The molecule has 4 N–H and O–H groups in total. The van der Waals surface area contributed by atoms with Crippen LogP contribution >= 0.6 is 0 Å². The van der Waals surface area contributed by atoms with Gasteiger partial charge < -0.3 is 15.9 Å². The van der Waals surface area contributed by atoms with Gasteiger partial charge in [-0.25, -0.2) is 4.79 Å². The number of likely N-dealkylation sites (tertiary alicyclic amines) is 1. The van der Waals surface area contributed by atoms with Crippen LogP contribution in [0.1, 0.15) is 12.8 Å². The minimum absolute atomic E-state index is 0.424. The molecule has 2 atom stereocenters. The monoisotopic (exact) mass is 160 g/mol. The highest BCUT2D eigenvalue weighted by Crippen LogP contribution is 2.13. The number of hydrogen-bond acceptors (Lipinski definition) is 3. The van der Waals surface area contributed by atoms with Crippen LogP contribution in [-0.2, 0) is 0 Å². The van der Waals surface area contributed by atoms with Crippen molar-refractivity contribution in [2.75, 3.05) is 6.54 Å². The van der Waals surface area contributed by atoms with Crippen molar-refractivity contribution in [3.8, 4) is 0 Å². The zero-order valence-electron chi connectivity index (χ0n) is 6.10. The number of hydrogen-bond donors (Lipinski definition) is 3. The third-order valence-electron chi connectivity index (χ3n) is 1.90. The lowest BCUT2D eigenvalue weighted by atomic mass is 10.1. The van der Waals surface area contributed by atoms with Crippen LogP contribution in [0.15, 0.2) is 0 Å². The maximum absolute atomic E-state index is 10.4. The lowest BCUT2D eigenvalue weighted by molar-refractivity contribution is 0.0190. The van der Waals surface area contributed by atoms with Crippen molar-refractivity contribution in [2.45, 2.75) is 25.1 Å². The molecule has 1 saturated heterocycles. The summed E-state index contributed by atoms with van der Waals surface area (Å²) in [6.07, 6.45) is -1.25. The molecule has 0 aromatic heterocycles. The van der Waals surface area contributed by atoms with Crippen molar-refractivity contribution in [1.29, 1.82) is 0 Å². The number of amides is 1. The van der Waals surface area contributed by atoms with E-state index in [2.05, 4.69) is 0 Å². The van der Waals surface area contributed by atoms with Crippen molar-refractivity contribution >= 4 is 6.09 Å². The van der Waals surface area contributed by atoms with Gasteiger partial charge in [-0.1, -0.05) is 0 Å². The summed E-state index contributed by atoms with van der Waals surface area (Å²) in [4.78, 5) is 11.5. The zero-order chi connectivity index (χ0) is 8.43. The number of carbonyl (C=O) groups is 1. The van der Waals surface area contributed by atoms with E-state index in [0.717, 1.165) is 4.90 Å². The molecule has 0 radical (unpaired) electrons. The second-order valence-corrected chi connectivity index (χ2v) is 2.68. The highest BCUT2D eigenvalue weighted by molar-refractivity contribution is 5.65. The zero-order valence-corrected chi connectivity index (χ0v) is 6.10. The molecule has 1 aliphatic rings. The van der Waals surface area contributed by atoms with Crippen LogP contribution in [0.4, 0.5) is 4.79 Å².